The highest BCUT2D eigenvalue weighted by atomic mass is 32.2. The molecule has 6 nitrogen and oxygen atoms in total. The number of fused-ring (bicyclic) bond motifs is 1. The fraction of sp³-hybridized carbons (Fsp3) is 0.174. The van der Waals surface area contributed by atoms with Crippen molar-refractivity contribution in [3.63, 3.8) is 0 Å². The molecule has 4 aromatic rings. The second-order valence-corrected chi connectivity index (χ2v) is 8.60. The molecule has 0 unspecified atom stereocenters. The maximum Gasteiger partial charge on any atom is 0.336 e. The quantitative estimate of drug-likeness (QED) is 0.345. The fourth-order valence-corrected chi connectivity index (χ4v) is 4.81. The topological polar surface area (TPSA) is 84.3 Å². The number of nitrogens with one attached hydrogen (secondary N) is 1. The van der Waals surface area contributed by atoms with Gasteiger partial charge >= 0.3 is 5.97 Å². The van der Waals surface area contributed by atoms with Gasteiger partial charge in [0.1, 0.15) is 17.9 Å². The molecule has 0 amide bonds. The van der Waals surface area contributed by atoms with E-state index < -0.39 is 5.97 Å². The van der Waals surface area contributed by atoms with Crippen LogP contribution >= 0.6 is 23.1 Å². The van der Waals surface area contributed by atoms with Crippen LogP contribution in [0.3, 0.4) is 0 Å². The third kappa shape index (κ3) is 4.65. The summed E-state index contributed by atoms with van der Waals surface area (Å²) in [6.45, 7) is 0.691. The molecule has 158 valence electrons. The van der Waals surface area contributed by atoms with Crippen LogP contribution < -0.4 is 10.1 Å². The number of aromatic nitrogens is 2. The highest BCUT2D eigenvalue weighted by Gasteiger charge is 2.12. The lowest BCUT2D eigenvalue weighted by Gasteiger charge is -2.11. The molecule has 0 radical (unpaired) electrons. The molecule has 2 heterocycles. The Balaban J connectivity index is 1.49. The number of carboxylic acids is 1. The number of anilines is 1. The summed E-state index contributed by atoms with van der Waals surface area (Å²) in [6, 6.07) is 13.5. The van der Waals surface area contributed by atoms with Crippen LogP contribution in [0.25, 0.3) is 21.3 Å². The largest absolute Gasteiger partial charge is 0.496 e. The number of carboxylic acid groups (broad SMARTS) is 1. The zero-order valence-electron chi connectivity index (χ0n) is 17.1. The Morgan fingerprint density at radius 1 is 1.19 bits per heavy atom. The lowest BCUT2D eigenvalue weighted by molar-refractivity contribution is 0.0693. The number of benzene rings is 2. The Morgan fingerprint density at radius 3 is 2.84 bits per heavy atom. The molecule has 0 aliphatic heterocycles. The summed E-state index contributed by atoms with van der Waals surface area (Å²) in [7, 11) is 1.70. The third-order valence-electron chi connectivity index (χ3n) is 4.95. The molecule has 0 aliphatic rings. The highest BCUT2D eigenvalue weighted by Crippen LogP contribution is 2.30. The van der Waals surface area contributed by atoms with Gasteiger partial charge in [-0.2, -0.15) is 0 Å². The number of thiophene rings is 1. The van der Waals surface area contributed by atoms with Gasteiger partial charge in [-0.05, 0) is 59.3 Å². The van der Waals surface area contributed by atoms with Crippen molar-refractivity contribution in [2.45, 2.75) is 11.3 Å². The van der Waals surface area contributed by atoms with Crippen molar-refractivity contribution in [3.05, 3.63) is 65.3 Å². The van der Waals surface area contributed by atoms with E-state index in [2.05, 4.69) is 38.9 Å². The van der Waals surface area contributed by atoms with E-state index in [-0.39, 0.29) is 0 Å². The first kappa shape index (κ1) is 21.1. The van der Waals surface area contributed by atoms with Crippen molar-refractivity contribution in [2.75, 3.05) is 25.2 Å². The number of carbonyl (C=O) groups is 1. The molecule has 0 bridgehead atoms. The Bertz CT molecular complexity index is 1240. The summed E-state index contributed by atoms with van der Waals surface area (Å²) in [6.07, 6.45) is 4.16. The molecule has 0 spiro atoms. The van der Waals surface area contributed by atoms with Crippen molar-refractivity contribution in [1.29, 1.82) is 0 Å². The number of methoxy groups -OCH3 is 1. The summed E-state index contributed by atoms with van der Waals surface area (Å²) in [5, 5.41) is 16.0. The van der Waals surface area contributed by atoms with E-state index in [0.717, 1.165) is 29.0 Å². The second kappa shape index (κ2) is 9.36. The van der Waals surface area contributed by atoms with Gasteiger partial charge in [-0.15, -0.1) is 23.1 Å². The van der Waals surface area contributed by atoms with E-state index in [1.165, 1.54) is 28.2 Å². The zero-order valence-corrected chi connectivity index (χ0v) is 18.7. The van der Waals surface area contributed by atoms with Gasteiger partial charge in [0, 0.05) is 27.8 Å². The Hall–Kier alpha value is -3.10. The molecular weight excluding hydrogens is 430 g/mol. The SMILES string of the molecule is COc1cc2sccc2cc1CCNc1cc(-c2ccc(C(=O)O)c(SC)c2)ncn1. The smallest absolute Gasteiger partial charge is 0.336 e. The van der Waals surface area contributed by atoms with Crippen LogP contribution in [0.5, 0.6) is 5.75 Å². The molecule has 0 aliphatic carbocycles. The van der Waals surface area contributed by atoms with Crippen molar-refractivity contribution in [2.24, 2.45) is 0 Å². The number of hydrogen-bond acceptors (Lipinski definition) is 7. The molecule has 0 saturated heterocycles. The van der Waals surface area contributed by atoms with E-state index in [1.54, 1.807) is 30.6 Å². The Kier molecular flexibility index (Phi) is 6.39. The molecule has 2 aromatic heterocycles. The standard InChI is InChI=1S/C23H21N3O3S2/c1-29-19-12-20-16(6-8-31-20)9-15(19)5-7-24-22-11-18(25-13-26-22)14-3-4-17(23(27)28)21(10-14)30-2/h3-4,6,8-13H,5,7H2,1-2H3,(H,27,28)(H,24,25,26). The number of thioether (sulfide) groups is 1. The summed E-state index contributed by atoms with van der Waals surface area (Å²) in [5.41, 5.74) is 3.02. The molecule has 0 saturated carbocycles. The summed E-state index contributed by atoms with van der Waals surface area (Å²) >= 11 is 3.11. The molecule has 0 atom stereocenters. The molecule has 31 heavy (non-hydrogen) atoms. The summed E-state index contributed by atoms with van der Waals surface area (Å²) in [5.74, 6) is 0.675. The van der Waals surface area contributed by atoms with E-state index in [1.807, 2.05) is 18.4 Å². The van der Waals surface area contributed by atoms with Crippen LogP contribution in [0.15, 0.2) is 59.1 Å². The molecule has 0 fully saturated rings. The van der Waals surface area contributed by atoms with E-state index >= 15 is 0 Å². The minimum Gasteiger partial charge on any atom is -0.496 e. The van der Waals surface area contributed by atoms with Gasteiger partial charge < -0.3 is 15.2 Å². The lowest BCUT2D eigenvalue weighted by atomic mass is 10.1. The zero-order chi connectivity index (χ0) is 21.8. The van der Waals surface area contributed by atoms with Crippen LogP contribution in [0.4, 0.5) is 5.82 Å². The first-order chi connectivity index (χ1) is 15.1. The Morgan fingerprint density at radius 2 is 2.06 bits per heavy atom. The second-order valence-electron chi connectivity index (χ2n) is 6.81. The van der Waals surface area contributed by atoms with Gasteiger partial charge in [0.2, 0.25) is 0 Å². The van der Waals surface area contributed by atoms with Gasteiger partial charge in [-0.3, -0.25) is 0 Å². The predicted octanol–water partition coefficient (Wildman–Crippen LogP) is 5.44. The van der Waals surface area contributed by atoms with E-state index in [0.29, 0.717) is 22.8 Å². The molecular formula is C23H21N3O3S2. The van der Waals surface area contributed by atoms with Crippen molar-refractivity contribution < 1.29 is 14.6 Å². The number of hydrogen-bond donors (Lipinski definition) is 2. The number of rotatable bonds is 8. The first-order valence-electron chi connectivity index (χ1n) is 9.61. The molecule has 2 aromatic carbocycles. The van der Waals surface area contributed by atoms with Gasteiger partial charge in [0.25, 0.3) is 0 Å². The van der Waals surface area contributed by atoms with Crippen LogP contribution in [-0.4, -0.2) is 41.0 Å². The predicted molar refractivity (Wildman–Crippen MR) is 127 cm³/mol. The van der Waals surface area contributed by atoms with Crippen LogP contribution in [0.2, 0.25) is 0 Å². The van der Waals surface area contributed by atoms with Gasteiger partial charge in [0.15, 0.2) is 0 Å². The van der Waals surface area contributed by atoms with Gasteiger partial charge in [0.05, 0.1) is 18.4 Å². The number of ether oxygens (including phenoxy) is 1. The van der Waals surface area contributed by atoms with E-state index in [9.17, 15) is 9.90 Å². The normalized spacial score (nSPS) is 10.9. The van der Waals surface area contributed by atoms with Gasteiger partial charge in [-0.1, -0.05) is 6.07 Å². The van der Waals surface area contributed by atoms with Crippen LogP contribution in [-0.2, 0) is 6.42 Å². The van der Waals surface area contributed by atoms with Crippen molar-refractivity contribution >= 4 is 45.0 Å². The summed E-state index contributed by atoms with van der Waals surface area (Å²) in [4.78, 5) is 20.7. The molecule has 2 N–H and O–H groups in total. The number of nitrogens with zero attached hydrogens (tertiary/aromatic N) is 2. The fourth-order valence-electron chi connectivity index (χ4n) is 3.39. The molecule has 4 rings (SSSR count). The highest BCUT2D eigenvalue weighted by molar-refractivity contribution is 7.98. The Labute approximate surface area is 188 Å². The van der Waals surface area contributed by atoms with Crippen LogP contribution in [0, 0.1) is 0 Å². The van der Waals surface area contributed by atoms with Crippen LogP contribution in [0.1, 0.15) is 15.9 Å². The van der Waals surface area contributed by atoms with Crippen molar-refractivity contribution in [1.82, 2.24) is 9.97 Å². The molecule has 8 heteroatoms. The maximum atomic E-state index is 11.4. The van der Waals surface area contributed by atoms with E-state index in [4.69, 9.17) is 4.74 Å². The average molecular weight is 452 g/mol. The maximum absolute atomic E-state index is 11.4. The van der Waals surface area contributed by atoms with Gasteiger partial charge in [-0.25, -0.2) is 14.8 Å². The monoisotopic (exact) mass is 451 g/mol. The minimum absolute atomic E-state index is 0.292. The van der Waals surface area contributed by atoms with Crippen molar-refractivity contribution in [3.8, 4) is 17.0 Å². The number of aromatic carboxylic acids is 1. The lowest BCUT2D eigenvalue weighted by Crippen LogP contribution is -2.07. The minimum atomic E-state index is -0.933. The average Bonchev–Trinajstić information content (AvgIpc) is 3.25. The third-order valence-corrected chi connectivity index (χ3v) is 6.61. The first-order valence-corrected chi connectivity index (χ1v) is 11.7. The summed E-state index contributed by atoms with van der Waals surface area (Å²) < 4.78 is 6.78.